The summed E-state index contributed by atoms with van der Waals surface area (Å²) >= 11 is 1.36. The van der Waals surface area contributed by atoms with E-state index in [4.69, 9.17) is 5.73 Å². The highest BCUT2D eigenvalue weighted by molar-refractivity contribution is 7.20. The fourth-order valence-corrected chi connectivity index (χ4v) is 5.06. The van der Waals surface area contributed by atoms with Gasteiger partial charge in [-0.2, -0.15) is 0 Å². The van der Waals surface area contributed by atoms with Gasteiger partial charge in [-0.3, -0.25) is 4.79 Å². The van der Waals surface area contributed by atoms with Crippen LogP contribution in [0.2, 0.25) is 0 Å². The quantitative estimate of drug-likeness (QED) is 0.729. The van der Waals surface area contributed by atoms with E-state index in [0.29, 0.717) is 29.6 Å². The van der Waals surface area contributed by atoms with Gasteiger partial charge in [0.2, 0.25) is 0 Å². The number of nitrogens with two attached hydrogens (primary N) is 1. The van der Waals surface area contributed by atoms with Gasteiger partial charge in [0, 0.05) is 18.5 Å². The Morgan fingerprint density at radius 1 is 1.33 bits per heavy atom. The molecule has 1 unspecified atom stereocenters. The number of aryl methyl sites for hydroxylation is 2. The van der Waals surface area contributed by atoms with Crippen molar-refractivity contribution < 1.29 is 9.18 Å². The average Bonchev–Trinajstić information content (AvgIpc) is 3.16. The number of thiophene rings is 1. The van der Waals surface area contributed by atoms with Crippen molar-refractivity contribution in [2.75, 3.05) is 18.8 Å². The molecule has 0 aliphatic carbocycles. The molecule has 2 N–H and O–H groups in total. The molecule has 2 aromatic heterocycles. The zero-order valence-corrected chi connectivity index (χ0v) is 16.4. The fraction of sp³-hybridized carbons (Fsp3) is 0.350. The summed E-state index contributed by atoms with van der Waals surface area (Å²) in [6, 6.07) is 6.66. The maximum Gasteiger partial charge on any atom is 0.264 e. The van der Waals surface area contributed by atoms with Gasteiger partial charge < -0.3 is 10.6 Å². The van der Waals surface area contributed by atoms with E-state index in [0.717, 1.165) is 27.8 Å². The monoisotopic (exact) mass is 384 g/mol. The number of nitrogen functional groups attached to an aromatic ring is 1. The van der Waals surface area contributed by atoms with Crippen molar-refractivity contribution in [3.8, 4) is 0 Å². The molecular weight excluding hydrogens is 363 g/mol. The Hall–Kier alpha value is -2.54. The number of anilines is 1. The van der Waals surface area contributed by atoms with Crippen molar-refractivity contribution in [3.63, 3.8) is 0 Å². The molecule has 5 nitrogen and oxygen atoms in total. The molecule has 1 atom stereocenters. The summed E-state index contributed by atoms with van der Waals surface area (Å²) in [7, 11) is 0. The SMILES string of the molecule is Cc1nc(N)c2c(C)c(C(=O)N3CCC(C)(c4cccc(F)c4)C3)sc2n1. The van der Waals surface area contributed by atoms with Crippen LogP contribution in [-0.4, -0.2) is 33.9 Å². The van der Waals surface area contributed by atoms with Gasteiger partial charge in [-0.1, -0.05) is 19.1 Å². The van der Waals surface area contributed by atoms with E-state index >= 15 is 0 Å². The highest BCUT2D eigenvalue weighted by atomic mass is 32.1. The minimum atomic E-state index is -0.252. The Labute approximate surface area is 161 Å². The number of aromatic nitrogens is 2. The first-order chi connectivity index (χ1) is 12.8. The molecule has 1 aliphatic rings. The topological polar surface area (TPSA) is 72.1 Å². The molecule has 0 bridgehead atoms. The second-order valence-electron chi connectivity index (χ2n) is 7.44. The van der Waals surface area contributed by atoms with Crippen molar-refractivity contribution in [2.24, 2.45) is 0 Å². The molecule has 1 fully saturated rings. The Morgan fingerprint density at radius 3 is 2.85 bits per heavy atom. The largest absolute Gasteiger partial charge is 0.383 e. The van der Waals surface area contributed by atoms with Crippen molar-refractivity contribution in [2.45, 2.75) is 32.6 Å². The van der Waals surface area contributed by atoms with Gasteiger partial charge in [0.25, 0.3) is 5.91 Å². The minimum absolute atomic E-state index is 0.0207. The zero-order valence-electron chi connectivity index (χ0n) is 15.5. The number of benzene rings is 1. The number of likely N-dealkylation sites (tertiary alicyclic amines) is 1. The van der Waals surface area contributed by atoms with Crippen LogP contribution in [0.15, 0.2) is 24.3 Å². The molecule has 3 aromatic rings. The van der Waals surface area contributed by atoms with Crippen LogP contribution in [0.5, 0.6) is 0 Å². The first kappa shape index (κ1) is 17.9. The lowest BCUT2D eigenvalue weighted by molar-refractivity contribution is 0.0789. The standard InChI is InChI=1S/C20H21FN4OS/c1-11-15-17(22)23-12(2)24-18(15)27-16(11)19(26)25-8-7-20(3,10-25)13-5-4-6-14(21)9-13/h4-6,9H,7-8,10H2,1-3H3,(H2,22,23,24). The zero-order chi connectivity index (χ0) is 19.3. The van der Waals surface area contributed by atoms with Crippen molar-refractivity contribution in [1.29, 1.82) is 0 Å². The summed E-state index contributed by atoms with van der Waals surface area (Å²) < 4.78 is 13.6. The van der Waals surface area contributed by atoms with Crippen LogP contribution in [0.3, 0.4) is 0 Å². The minimum Gasteiger partial charge on any atom is -0.383 e. The Kier molecular flexibility index (Phi) is 4.14. The third kappa shape index (κ3) is 2.96. The van der Waals surface area contributed by atoms with Crippen molar-refractivity contribution >= 4 is 33.3 Å². The van der Waals surface area contributed by atoms with Gasteiger partial charge in [0.15, 0.2) is 0 Å². The normalized spacial score (nSPS) is 19.8. The number of hydrogen-bond donors (Lipinski definition) is 1. The fourth-order valence-electron chi connectivity index (χ4n) is 3.86. The van der Waals surface area contributed by atoms with Gasteiger partial charge in [-0.25, -0.2) is 14.4 Å². The van der Waals surface area contributed by atoms with E-state index in [-0.39, 0.29) is 17.1 Å². The van der Waals surface area contributed by atoms with Crippen LogP contribution < -0.4 is 5.73 Å². The third-order valence-electron chi connectivity index (χ3n) is 5.41. The summed E-state index contributed by atoms with van der Waals surface area (Å²) in [5, 5.41) is 0.765. The van der Waals surface area contributed by atoms with Crippen LogP contribution in [0.1, 0.15) is 40.0 Å². The van der Waals surface area contributed by atoms with Gasteiger partial charge in [0.1, 0.15) is 22.3 Å². The van der Waals surface area contributed by atoms with Gasteiger partial charge >= 0.3 is 0 Å². The number of rotatable bonds is 2. The number of fused-ring (bicyclic) bond motifs is 1. The average molecular weight is 384 g/mol. The molecule has 1 aromatic carbocycles. The van der Waals surface area contributed by atoms with Gasteiger partial charge in [-0.05, 0) is 43.5 Å². The van der Waals surface area contributed by atoms with E-state index in [1.807, 2.05) is 17.9 Å². The number of carbonyl (C=O) groups is 1. The molecule has 7 heteroatoms. The first-order valence-electron chi connectivity index (χ1n) is 8.87. The van der Waals surface area contributed by atoms with E-state index in [1.54, 1.807) is 19.1 Å². The van der Waals surface area contributed by atoms with Gasteiger partial charge in [0.05, 0.1) is 10.3 Å². The number of hydrogen-bond acceptors (Lipinski definition) is 5. The molecule has 4 rings (SSSR count). The number of halogens is 1. The molecule has 1 amide bonds. The molecule has 1 saturated heterocycles. The Balaban J connectivity index is 1.66. The third-order valence-corrected chi connectivity index (χ3v) is 6.58. The molecule has 0 radical (unpaired) electrons. The highest BCUT2D eigenvalue weighted by Crippen LogP contribution is 2.38. The van der Waals surface area contributed by atoms with Crippen LogP contribution >= 0.6 is 11.3 Å². The van der Waals surface area contributed by atoms with Crippen LogP contribution in [-0.2, 0) is 5.41 Å². The maximum atomic E-state index is 13.6. The smallest absolute Gasteiger partial charge is 0.264 e. The molecule has 0 saturated carbocycles. The second kappa shape index (κ2) is 6.27. The van der Waals surface area contributed by atoms with Crippen LogP contribution in [0.4, 0.5) is 10.2 Å². The lowest BCUT2D eigenvalue weighted by atomic mass is 9.82. The van der Waals surface area contributed by atoms with Crippen molar-refractivity contribution in [3.05, 3.63) is 51.9 Å². The lowest BCUT2D eigenvalue weighted by Crippen LogP contribution is -2.32. The van der Waals surface area contributed by atoms with E-state index in [9.17, 15) is 9.18 Å². The molecule has 0 spiro atoms. The second-order valence-corrected chi connectivity index (χ2v) is 8.44. The van der Waals surface area contributed by atoms with Crippen LogP contribution in [0, 0.1) is 19.7 Å². The number of carbonyl (C=O) groups excluding carboxylic acids is 1. The highest BCUT2D eigenvalue weighted by Gasteiger charge is 2.38. The molecular formula is C20H21FN4OS. The summed E-state index contributed by atoms with van der Waals surface area (Å²) in [6.07, 6.45) is 0.799. The maximum absolute atomic E-state index is 13.6. The van der Waals surface area contributed by atoms with E-state index in [1.165, 1.54) is 17.4 Å². The summed E-state index contributed by atoms with van der Waals surface area (Å²) in [4.78, 5) is 25.1. The molecule has 140 valence electrons. The summed E-state index contributed by atoms with van der Waals surface area (Å²) in [5.74, 6) is 0.743. The lowest BCUT2D eigenvalue weighted by Gasteiger charge is -2.25. The summed E-state index contributed by atoms with van der Waals surface area (Å²) in [6.45, 7) is 6.96. The molecule has 1 aliphatic heterocycles. The molecule has 27 heavy (non-hydrogen) atoms. The number of nitrogens with zero attached hydrogens (tertiary/aromatic N) is 3. The number of amides is 1. The molecule has 3 heterocycles. The van der Waals surface area contributed by atoms with Gasteiger partial charge in [-0.15, -0.1) is 11.3 Å². The van der Waals surface area contributed by atoms with Crippen LogP contribution in [0.25, 0.3) is 10.2 Å². The van der Waals surface area contributed by atoms with E-state index < -0.39 is 0 Å². The first-order valence-corrected chi connectivity index (χ1v) is 9.69. The summed E-state index contributed by atoms with van der Waals surface area (Å²) in [5.41, 5.74) is 7.56. The Bertz CT molecular complexity index is 1060. The predicted molar refractivity (Wildman–Crippen MR) is 106 cm³/mol. The Morgan fingerprint density at radius 2 is 2.11 bits per heavy atom. The predicted octanol–water partition coefficient (Wildman–Crippen LogP) is 3.83. The van der Waals surface area contributed by atoms with E-state index in [2.05, 4.69) is 16.9 Å². The van der Waals surface area contributed by atoms with Crippen molar-refractivity contribution in [1.82, 2.24) is 14.9 Å².